The number of rotatable bonds is 6. The van der Waals surface area contributed by atoms with Crippen molar-refractivity contribution in [2.45, 2.75) is 39.0 Å². The Bertz CT molecular complexity index is 637. The molecule has 0 aliphatic heterocycles. The maximum atomic E-state index is 12.7. The van der Waals surface area contributed by atoms with Crippen molar-refractivity contribution in [2.75, 3.05) is 13.6 Å². The van der Waals surface area contributed by atoms with E-state index in [1.165, 1.54) is 23.5 Å². The summed E-state index contributed by atoms with van der Waals surface area (Å²) in [5.41, 5.74) is 1.25. The fourth-order valence-electron chi connectivity index (χ4n) is 2.05. The van der Waals surface area contributed by atoms with Gasteiger partial charge in [0, 0.05) is 13.6 Å². The van der Waals surface area contributed by atoms with Gasteiger partial charge in [-0.25, -0.2) is 17.5 Å². The first kappa shape index (κ1) is 17.7. The first-order chi connectivity index (χ1) is 9.61. The maximum absolute atomic E-state index is 12.7. The molecule has 0 fully saturated rings. The third kappa shape index (κ3) is 3.83. The largest absolute Gasteiger partial charge is 0.478 e. The summed E-state index contributed by atoms with van der Waals surface area (Å²) < 4.78 is 26.6. The van der Waals surface area contributed by atoms with E-state index in [1.54, 1.807) is 13.8 Å². The van der Waals surface area contributed by atoms with Crippen LogP contribution in [-0.2, 0) is 10.0 Å². The van der Waals surface area contributed by atoms with Crippen molar-refractivity contribution in [1.82, 2.24) is 4.31 Å². The first-order valence-corrected chi connectivity index (χ1v) is 8.36. The molecule has 6 heteroatoms. The number of hydrogen-bond donors (Lipinski definition) is 1. The summed E-state index contributed by atoms with van der Waals surface area (Å²) in [5, 5.41) is 9.10. The van der Waals surface area contributed by atoms with Crippen LogP contribution in [0.25, 0.3) is 0 Å². The van der Waals surface area contributed by atoms with Crippen molar-refractivity contribution in [1.29, 1.82) is 0 Å². The molecule has 0 aliphatic rings. The van der Waals surface area contributed by atoms with Gasteiger partial charge in [-0.2, -0.15) is 0 Å². The quantitative estimate of drug-likeness (QED) is 0.876. The summed E-state index contributed by atoms with van der Waals surface area (Å²) in [5.74, 6) is -0.882. The number of nitrogens with zero attached hydrogens (tertiary/aromatic N) is 1. The second kappa shape index (κ2) is 6.58. The van der Waals surface area contributed by atoms with Gasteiger partial charge in [-0.05, 0) is 43.0 Å². The minimum absolute atomic E-state index is 0.00591. The average Bonchev–Trinajstić information content (AvgIpc) is 2.40. The first-order valence-electron chi connectivity index (χ1n) is 6.92. The molecule has 1 N–H and O–H groups in total. The van der Waals surface area contributed by atoms with Crippen LogP contribution in [0.3, 0.4) is 0 Å². The number of carbonyl (C=O) groups is 1. The van der Waals surface area contributed by atoms with Crippen molar-refractivity contribution in [3.63, 3.8) is 0 Å². The van der Waals surface area contributed by atoms with Crippen molar-refractivity contribution in [3.8, 4) is 0 Å². The molecule has 0 saturated carbocycles. The van der Waals surface area contributed by atoms with Crippen LogP contribution in [0.5, 0.6) is 0 Å². The van der Waals surface area contributed by atoms with E-state index in [0.29, 0.717) is 17.7 Å². The highest BCUT2D eigenvalue weighted by atomic mass is 32.2. The van der Waals surface area contributed by atoms with Crippen LogP contribution < -0.4 is 0 Å². The lowest BCUT2D eigenvalue weighted by Gasteiger charge is -2.22. The molecule has 21 heavy (non-hydrogen) atoms. The molecule has 1 rings (SSSR count). The lowest BCUT2D eigenvalue weighted by Crippen LogP contribution is -2.31. The zero-order chi connectivity index (χ0) is 16.4. The van der Waals surface area contributed by atoms with Gasteiger partial charge in [-0.3, -0.25) is 0 Å². The highest BCUT2D eigenvalue weighted by molar-refractivity contribution is 7.89. The van der Waals surface area contributed by atoms with Gasteiger partial charge in [-0.15, -0.1) is 0 Å². The molecule has 1 aromatic rings. The lowest BCUT2D eigenvalue weighted by molar-refractivity contribution is 0.0696. The second-order valence-electron chi connectivity index (χ2n) is 5.52. The predicted molar refractivity (Wildman–Crippen MR) is 82.1 cm³/mol. The molecular formula is C15H23NO4S. The lowest BCUT2D eigenvalue weighted by atomic mass is 10.1. The van der Waals surface area contributed by atoms with Crippen molar-refractivity contribution >= 4 is 16.0 Å². The molecule has 118 valence electrons. The van der Waals surface area contributed by atoms with Gasteiger partial charge in [0.1, 0.15) is 0 Å². The third-order valence-corrected chi connectivity index (χ3v) is 5.77. The molecule has 1 atom stereocenters. The monoisotopic (exact) mass is 313 g/mol. The Balaban J connectivity index is 3.34. The van der Waals surface area contributed by atoms with Crippen molar-refractivity contribution in [2.24, 2.45) is 5.92 Å². The minimum atomic E-state index is -3.68. The normalized spacial score (nSPS) is 13.4. The summed E-state index contributed by atoms with van der Waals surface area (Å²) in [6, 6.07) is 2.73. The smallest absolute Gasteiger partial charge is 0.335 e. The number of carboxylic acid groups (broad SMARTS) is 1. The number of sulfonamides is 1. The van der Waals surface area contributed by atoms with Crippen LogP contribution in [-0.4, -0.2) is 37.4 Å². The van der Waals surface area contributed by atoms with E-state index >= 15 is 0 Å². The highest BCUT2D eigenvalue weighted by Crippen LogP contribution is 2.24. The van der Waals surface area contributed by atoms with E-state index in [4.69, 9.17) is 5.11 Å². The van der Waals surface area contributed by atoms with E-state index in [2.05, 4.69) is 0 Å². The van der Waals surface area contributed by atoms with Gasteiger partial charge in [-0.1, -0.05) is 20.3 Å². The molecule has 1 unspecified atom stereocenters. The Kier molecular flexibility index (Phi) is 5.53. The molecule has 0 spiro atoms. The Labute approximate surface area is 126 Å². The Morgan fingerprint density at radius 2 is 1.90 bits per heavy atom. The molecule has 0 aliphatic carbocycles. The van der Waals surface area contributed by atoms with Crippen LogP contribution in [0.4, 0.5) is 0 Å². The van der Waals surface area contributed by atoms with Crippen LogP contribution in [0.2, 0.25) is 0 Å². The molecular weight excluding hydrogens is 290 g/mol. The third-order valence-electron chi connectivity index (χ3n) is 3.82. The number of aromatic carboxylic acids is 1. The van der Waals surface area contributed by atoms with E-state index in [1.807, 2.05) is 13.8 Å². The van der Waals surface area contributed by atoms with E-state index in [9.17, 15) is 13.2 Å². The zero-order valence-corrected chi connectivity index (χ0v) is 14.0. The zero-order valence-electron chi connectivity index (χ0n) is 13.2. The number of carboxylic acids is 1. The minimum Gasteiger partial charge on any atom is -0.478 e. The molecule has 0 heterocycles. The summed E-state index contributed by atoms with van der Waals surface area (Å²) >= 11 is 0. The van der Waals surface area contributed by atoms with E-state index < -0.39 is 16.0 Å². The molecule has 0 saturated heterocycles. The summed E-state index contributed by atoms with van der Waals surface area (Å²) in [7, 11) is -2.15. The van der Waals surface area contributed by atoms with E-state index in [-0.39, 0.29) is 16.4 Å². The maximum Gasteiger partial charge on any atom is 0.335 e. The summed E-state index contributed by atoms with van der Waals surface area (Å²) in [6.07, 6.45) is 0.882. The van der Waals surface area contributed by atoms with Gasteiger partial charge < -0.3 is 5.11 Å². The Hall–Kier alpha value is -1.40. The van der Waals surface area contributed by atoms with Gasteiger partial charge in [0.05, 0.1) is 10.5 Å². The van der Waals surface area contributed by atoms with Gasteiger partial charge in [0.25, 0.3) is 0 Å². The van der Waals surface area contributed by atoms with Gasteiger partial charge >= 0.3 is 5.97 Å². The molecule has 1 aromatic carbocycles. The fourth-order valence-corrected chi connectivity index (χ4v) is 3.66. The summed E-state index contributed by atoms with van der Waals surface area (Å²) in [4.78, 5) is 11.2. The number of hydrogen-bond acceptors (Lipinski definition) is 3. The van der Waals surface area contributed by atoms with Crippen LogP contribution in [0.15, 0.2) is 17.0 Å². The topological polar surface area (TPSA) is 74.7 Å². The fraction of sp³-hybridized carbons (Fsp3) is 0.533. The standard InChI is InChI=1S/C15H23NO4S/c1-6-10(2)9-16(5)21(19,20)14-8-13(15(17)18)7-11(3)12(14)4/h7-8,10H,6,9H2,1-5H3,(H,17,18). The highest BCUT2D eigenvalue weighted by Gasteiger charge is 2.26. The molecule has 0 bridgehead atoms. The molecule has 0 aromatic heterocycles. The van der Waals surface area contributed by atoms with Gasteiger partial charge in [0.15, 0.2) is 0 Å². The van der Waals surface area contributed by atoms with E-state index in [0.717, 1.165) is 6.42 Å². The van der Waals surface area contributed by atoms with Crippen LogP contribution in [0.1, 0.15) is 41.8 Å². The van der Waals surface area contributed by atoms with Gasteiger partial charge in [0.2, 0.25) is 10.0 Å². The van der Waals surface area contributed by atoms with Crippen LogP contribution in [0, 0.1) is 19.8 Å². The Morgan fingerprint density at radius 1 is 1.33 bits per heavy atom. The van der Waals surface area contributed by atoms with Crippen molar-refractivity contribution < 1.29 is 18.3 Å². The Morgan fingerprint density at radius 3 is 2.38 bits per heavy atom. The van der Waals surface area contributed by atoms with Crippen LogP contribution >= 0.6 is 0 Å². The number of benzene rings is 1. The average molecular weight is 313 g/mol. The SMILES string of the molecule is CCC(C)CN(C)S(=O)(=O)c1cc(C(=O)O)cc(C)c1C. The number of aryl methyl sites for hydroxylation is 1. The molecule has 0 radical (unpaired) electrons. The van der Waals surface area contributed by atoms with Crippen molar-refractivity contribution in [3.05, 3.63) is 28.8 Å². The predicted octanol–water partition coefficient (Wildman–Crippen LogP) is 2.67. The second-order valence-corrected chi connectivity index (χ2v) is 7.53. The molecule has 0 amide bonds. The molecule has 5 nitrogen and oxygen atoms in total. The summed E-state index contributed by atoms with van der Waals surface area (Å²) in [6.45, 7) is 7.82.